The van der Waals surface area contributed by atoms with E-state index in [1.807, 2.05) is 36.4 Å². The van der Waals surface area contributed by atoms with Gasteiger partial charge in [-0.2, -0.15) is 20.6 Å². The summed E-state index contributed by atoms with van der Waals surface area (Å²) in [5.41, 5.74) is 0. The molecule has 0 bridgehead atoms. The molecular formula is C34H28Au2ClF5O4P2-4. The Morgan fingerprint density at radius 1 is 0.542 bits per heavy atom. The Bertz CT molecular complexity index is 1610. The fourth-order valence-corrected chi connectivity index (χ4v) is 10.1. The molecule has 14 heteroatoms. The molecule has 0 unspecified atom stereocenters. The molecule has 0 fully saturated rings. The summed E-state index contributed by atoms with van der Waals surface area (Å²) in [6.45, 7) is 12.5. The first kappa shape index (κ1) is 44.2. The minimum absolute atomic E-state index is 0. The van der Waals surface area contributed by atoms with Crippen LogP contribution in [0.1, 0.15) is 0 Å². The summed E-state index contributed by atoms with van der Waals surface area (Å²) in [7, 11) is -6.30. The average molecular weight is 1090 g/mol. The molecule has 4 nitrogen and oxygen atoms in total. The number of halogens is 6. The summed E-state index contributed by atoms with van der Waals surface area (Å²) in [6.07, 6.45) is 0. The first-order valence-electron chi connectivity index (χ1n) is 13.0. The van der Waals surface area contributed by atoms with Gasteiger partial charge in [-0.05, 0) is 24.3 Å². The maximum absolute atomic E-state index is 12.0. The monoisotopic (exact) mass is 1090 g/mol. The second kappa shape index (κ2) is 18.5. The van der Waals surface area contributed by atoms with Crippen molar-refractivity contribution in [3.63, 3.8) is 0 Å². The Morgan fingerprint density at radius 2 is 0.833 bits per heavy atom. The van der Waals surface area contributed by atoms with Crippen molar-refractivity contribution in [2.24, 2.45) is 0 Å². The molecule has 0 saturated carbocycles. The van der Waals surface area contributed by atoms with Crippen LogP contribution < -0.4 is 35.2 Å². The van der Waals surface area contributed by atoms with Gasteiger partial charge in [0.25, 0.3) is 0 Å². The van der Waals surface area contributed by atoms with Crippen LogP contribution in [-0.4, -0.2) is 0 Å². The fourth-order valence-electron chi connectivity index (χ4n) is 4.05. The molecule has 0 heterocycles. The summed E-state index contributed by atoms with van der Waals surface area (Å²) in [4.78, 5) is 0. The van der Waals surface area contributed by atoms with E-state index >= 15 is 0 Å². The van der Waals surface area contributed by atoms with Gasteiger partial charge in [-0.15, -0.1) is 6.07 Å². The summed E-state index contributed by atoms with van der Waals surface area (Å²) in [6, 6.07) is 38.7. The predicted octanol–water partition coefficient (Wildman–Crippen LogP) is 5.02. The van der Waals surface area contributed by atoms with Crippen LogP contribution in [-0.2, 0) is 48.8 Å². The van der Waals surface area contributed by atoms with E-state index in [1.165, 1.54) is 10.6 Å². The van der Waals surface area contributed by atoms with E-state index < -0.39 is 53.4 Å². The van der Waals surface area contributed by atoms with Gasteiger partial charge in [-0.25, -0.2) is 13.2 Å². The zero-order chi connectivity index (χ0) is 34.2. The molecule has 0 aliphatic carbocycles. The van der Waals surface area contributed by atoms with Crippen molar-refractivity contribution in [2.45, 2.75) is 0 Å². The van der Waals surface area contributed by atoms with Crippen LogP contribution in [0.25, 0.3) is 0 Å². The zero-order valence-corrected chi connectivity index (χ0v) is 31.7. The quantitative estimate of drug-likeness (QED) is 0.0599. The number of hydrogen-bond acceptors (Lipinski definition) is 4. The first-order valence-corrected chi connectivity index (χ1v) is 19.0. The first-order chi connectivity index (χ1) is 21.5. The molecule has 266 valence electrons. The summed E-state index contributed by atoms with van der Waals surface area (Å²) in [5.74, 6) is -10.0. The molecule has 0 N–H and O–H groups in total. The van der Waals surface area contributed by atoms with E-state index in [4.69, 9.17) is 4.08 Å². The average Bonchev–Trinajstić information content (AvgIpc) is 3.04. The number of benzene rings is 5. The molecule has 48 heavy (non-hydrogen) atoms. The third-order valence-electron chi connectivity index (χ3n) is 6.45. The molecule has 0 aliphatic heterocycles. The Hall–Kier alpha value is -1.78. The number of rotatable bonds is 6. The van der Waals surface area contributed by atoms with Crippen LogP contribution in [0.5, 0.6) is 0 Å². The fraction of sp³-hybridized carbons (Fsp3) is 0. The maximum atomic E-state index is 12.0. The van der Waals surface area contributed by atoms with Crippen LogP contribution in [0.15, 0.2) is 121 Å². The van der Waals surface area contributed by atoms with E-state index in [1.54, 1.807) is 60.7 Å². The topological polar surface area (TPSA) is 78.4 Å². The van der Waals surface area contributed by atoms with Gasteiger partial charge < -0.3 is 0 Å². The van der Waals surface area contributed by atoms with E-state index in [2.05, 4.69) is 50.9 Å². The van der Waals surface area contributed by atoms with Crippen molar-refractivity contribution in [3.05, 3.63) is 183 Å². The normalized spacial score (nSPS) is 12.0. The third-order valence-corrected chi connectivity index (χ3v) is 14.0. The summed E-state index contributed by atoms with van der Waals surface area (Å²) < 4.78 is 98.2. The Kier molecular flexibility index (Phi) is 17.0. The van der Waals surface area contributed by atoms with Gasteiger partial charge in [-0.1, -0.05) is 36.4 Å². The van der Waals surface area contributed by atoms with Crippen LogP contribution in [0.3, 0.4) is 0 Å². The molecule has 5 aromatic rings. The molecule has 0 spiro atoms. The van der Waals surface area contributed by atoms with Gasteiger partial charge in [0.2, 0.25) is 0 Å². The Balaban J connectivity index is 0.000000368. The second-order valence-corrected chi connectivity index (χ2v) is 18.0. The van der Waals surface area contributed by atoms with Crippen molar-refractivity contribution in [2.75, 3.05) is 0 Å². The van der Waals surface area contributed by atoms with Crippen molar-refractivity contribution in [1.82, 2.24) is 0 Å². The Labute approximate surface area is 311 Å². The van der Waals surface area contributed by atoms with E-state index in [0.29, 0.717) is 10.6 Å². The molecule has 0 saturated heterocycles. The molecule has 5 aromatic carbocycles. The molecule has 2 radical (unpaired) electrons. The van der Waals surface area contributed by atoms with E-state index in [-0.39, 0.29) is 44.8 Å². The van der Waals surface area contributed by atoms with Crippen LogP contribution in [0, 0.1) is 72.1 Å². The van der Waals surface area contributed by atoms with Gasteiger partial charge >= 0.3 is 120 Å². The van der Waals surface area contributed by atoms with Crippen molar-refractivity contribution < 1.29 is 95.0 Å². The minimum Gasteiger partial charge on any atom is -0.199 e. The van der Waals surface area contributed by atoms with Gasteiger partial charge in [0.05, 0.1) is 29.1 Å². The zero-order valence-electron chi connectivity index (χ0n) is 24.8. The van der Waals surface area contributed by atoms with Gasteiger partial charge in [-0.3, -0.25) is 8.78 Å². The van der Waals surface area contributed by atoms with Crippen LogP contribution in [0.2, 0.25) is 0 Å². The largest absolute Gasteiger partial charge is 0.199 e. The molecule has 0 aliphatic rings. The molecule has 0 atom stereocenters. The Morgan fingerprint density at radius 3 is 1.12 bits per heavy atom. The molecular weight excluding hydrogens is 1060 g/mol. The van der Waals surface area contributed by atoms with Crippen LogP contribution >= 0.6 is 14.1 Å². The SMILES string of the molecule is Fc1[c-]c(F)c(F)c(F)c1F.[Au].[Au].[CH2-]P([CH2-])(O[Cl+3]([O-])([O-])[O-])(c1ccccc1)c1ccccc1.[CH2-][P+]([CH2-])(c1ccccc1)c1ccccc1. The predicted molar refractivity (Wildman–Crippen MR) is 166 cm³/mol. The minimum atomic E-state index is -4.66. The van der Waals surface area contributed by atoms with Crippen LogP contribution in [0.4, 0.5) is 22.0 Å². The van der Waals surface area contributed by atoms with Gasteiger partial charge in [0.1, 0.15) is 0 Å². The second-order valence-electron chi connectivity index (χ2n) is 9.86. The summed E-state index contributed by atoms with van der Waals surface area (Å²) >= 11 is 0. The molecule has 0 amide bonds. The maximum Gasteiger partial charge on any atom is 0.0408 e. The van der Waals surface area contributed by atoms with Gasteiger partial charge in [0, 0.05) is 55.4 Å². The molecule has 0 aromatic heterocycles. The van der Waals surface area contributed by atoms with E-state index in [0.717, 1.165) is 6.07 Å². The number of hydrogen-bond donors (Lipinski definition) is 0. The van der Waals surface area contributed by atoms with Crippen molar-refractivity contribution in [1.29, 1.82) is 0 Å². The van der Waals surface area contributed by atoms with Crippen molar-refractivity contribution in [3.8, 4) is 0 Å². The van der Waals surface area contributed by atoms with Crippen molar-refractivity contribution >= 4 is 35.3 Å². The smallest absolute Gasteiger partial charge is 0.0408 e. The third kappa shape index (κ3) is 11.4. The molecule has 5 rings (SSSR count). The van der Waals surface area contributed by atoms with Gasteiger partial charge in [0.15, 0.2) is 0 Å². The van der Waals surface area contributed by atoms with E-state index in [9.17, 15) is 35.9 Å². The standard InChI is InChI=1S/C14H14ClO4P.C14H14P.C6F5.2Au/c1-20(2,19-15(16,17)18,13-9-5-3-6-10-13)14-11-7-4-8-12-14;1-15(2,13-9-5-3-6-10-13)14-11-7-4-8-12-14;7-2-1-3(8)5(10)6(11)4(2)9;;/h3-12H,1-2H2;3-12H,1-2H2;;;/q-2;2*-1;;. The summed E-state index contributed by atoms with van der Waals surface area (Å²) in [5, 5.41) is 3.46.